The van der Waals surface area contributed by atoms with Gasteiger partial charge in [-0.05, 0) is 18.1 Å². The van der Waals surface area contributed by atoms with E-state index in [2.05, 4.69) is 32.0 Å². The van der Waals surface area contributed by atoms with Gasteiger partial charge in [0, 0.05) is 51.4 Å². The van der Waals surface area contributed by atoms with E-state index in [-0.39, 0.29) is 0 Å². The molecule has 17 heteroatoms. The zero-order chi connectivity index (χ0) is 29.4. The highest BCUT2D eigenvalue weighted by atomic mass is 32.2. The van der Waals surface area contributed by atoms with Crippen LogP contribution in [-0.4, -0.2) is 93.2 Å². The fraction of sp³-hybridized carbons (Fsp3) is 0.500. The summed E-state index contributed by atoms with van der Waals surface area (Å²) in [6, 6.07) is 6.08. The van der Waals surface area contributed by atoms with Crippen molar-refractivity contribution in [2.45, 2.75) is 36.2 Å². The zero-order valence-electron chi connectivity index (χ0n) is 20.6. The van der Waals surface area contributed by atoms with Gasteiger partial charge in [-0.1, -0.05) is 6.07 Å². The second-order valence-corrected chi connectivity index (χ2v) is 10.1. The Hall–Kier alpha value is -3.34. The monoisotopic (exact) mass is 585 g/mol. The second kappa shape index (κ2) is 13.1. The molecule has 4 rings (SSSR count). The minimum absolute atomic E-state index is 0.322. The van der Waals surface area contributed by atoms with Gasteiger partial charge in [0.05, 0.1) is 17.5 Å². The molecule has 2 aliphatic rings. The molecule has 0 aliphatic carbocycles. The number of halogens is 6. The maximum Gasteiger partial charge on any atom is 0.490 e. The maximum atomic E-state index is 10.6. The summed E-state index contributed by atoms with van der Waals surface area (Å²) in [6.45, 7) is 2.72. The summed E-state index contributed by atoms with van der Waals surface area (Å²) in [5, 5.41) is 14.2. The molecule has 2 saturated heterocycles. The Balaban J connectivity index is 0.000000317. The average molecular weight is 586 g/mol. The lowest BCUT2D eigenvalue weighted by atomic mass is 9.93. The van der Waals surface area contributed by atoms with E-state index in [1.165, 1.54) is 0 Å². The van der Waals surface area contributed by atoms with Crippen molar-refractivity contribution in [3.05, 3.63) is 42.5 Å². The number of carboxylic acid groups (broad SMARTS) is 2. The van der Waals surface area contributed by atoms with Crippen LogP contribution in [0, 0.1) is 0 Å². The molecule has 1 unspecified atom stereocenters. The number of aliphatic carboxylic acids is 2. The topological polar surface area (TPSA) is 129 Å². The van der Waals surface area contributed by atoms with Crippen LogP contribution in [0.4, 0.5) is 38.0 Å². The van der Waals surface area contributed by atoms with Crippen molar-refractivity contribution in [3.63, 3.8) is 0 Å². The van der Waals surface area contributed by atoms with E-state index in [0.717, 1.165) is 42.5 Å². The van der Waals surface area contributed by atoms with Gasteiger partial charge in [0.25, 0.3) is 0 Å². The van der Waals surface area contributed by atoms with E-state index < -0.39 is 24.3 Å². The molecule has 2 fully saturated rings. The van der Waals surface area contributed by atoms with E-state index in [0.29, 0.717) is 17.5 Å². The van der Waals surface area contributed by atoms with Crippen LogP contribution in [0.15, 0.2) is 36.9 Å². The molecule has 39 heavy (non-hydrogen) atoms. The smallest absolute Gasteiger partial charge is 0.475 e. The number of alkyl halides is 6. The number of anilines is 2. The quantitative estimate of drug-likeness (QED) is 0.501. The van der Waals surface area contributed by atoms with E-state index in [1.807, 2.05) is 43.0 Å². The number of hydrogen-bond donors (Lipinski definition) is 2. The maximum absolute atomic E-state index is 10.6. The standard InChI is InChI=1S/C18H23N5OS.2C2HF3O2/c1-22(2)16-6-17(21-13-20-16)23-11-18(12-23)7-15(10-25-18)24-9-14-4-3-5-19-8-14;2*3-2(4,5)1(6)7/h3-6,8,13,15H,7,9-12H2,1-2H3;2*(H,6,7). The SMILES string of the molecule is CN(C)c1cc(N2CC3(CC(OCc4cccnc4)CS3)C2)ncn1.O=C(O)C(F)(F)F.O=C(O)C(F)(F)F. The van der Waals surface area contributed by atoms with Crippen LogP contribution in [0.1, 0.15) is 12.0 Å². The molecule has 2 aromatic heterocycles. The molecule has 2 N–H and O–H groups in total. The van der Waals surface area contributed by atoms with Crippen LogP contribution >= 0.6 is 11.8 Å². The molecule has 0 radical (unpaired) electrons. The van der Waals surface area contributed by atoms with E-state index in [9.17, 15) is 26.3 Å². The summed E-state index contributed by atoms with van der Waals surface area (Å²) in [5.41, 5.74) is 1.14. The first-order chi connectivity index (χ1) is 18.0. The number of carbonyl (C=O) groups is 2. The minimum Gasteiger partial charge on any atom is -0.475 e. The van der Waals surface area contributed by atoms with Crippen LogP contribution < -0.4 is 9.80 Å². The number of nitrogens with zero attached hydrogens (tertiary/aromatic N) is 5. The number of carboxylic acids is 2. The Kier molecular flexibility index (Phi) is 10.7. The molecule has 1 atom stereocenters. The molecule has 4 heterocycles. The summed E-state index contributed by atoms with van der Waals surface area (Å²) in [7, 11) is 4.00. The number of aromatic nitrogens is 3. The first kappa shape index (κ1) is 31.9. The van der Waals surface area contributed by atoms with Crippen LogP contribution in [-0.2, 0) is 20.9 Å². The van der Waals surface area contributed by atoms with Gasteiger partial charge in [0.1, 0.15) is 18.0 Å². The molecule has 2 aromatic rings. The number of rotatable bonds is 5. The third-order valence-corrected chi connectivity index (χ3v) is 6.82. The van der Waals surface area contributed by atoms with Crippen molar-refractivity contribution >= 4 is 35.3 Å². The summed E-state index contributed by atoms with van der Waals surface area (Å²) in [5.74, 6) is -2.48. The van der Waals surface area contributed by atoms with E-state index in [4.69, 9.17) is 24.5 Å². The Morgan fingerprint density at radius 3 is 2.21 bits per heavy atom. The van der Waals surface area contributed by atoms with Crippen LogP contribution in [0.2, 0.25) is 0 Å². The largest absolute Gasteiger partial charge is 0.490 e. The molecule has 2 aliphatic heterocycles. The molecule has 10 nitrogen and oxygen atoms in total. The van der Waals surface area contributed by atoms with Gasteiger partial charge in [-0.2, -0.15) is 26.3 Å². The van der Waals surface area contributed by atoms with Gasteiger partial charge in [-0.3, -0.25) is 4.98 Å². The number of pyridine rings is 1. The fourth-order valence-electron chi connectivity index (χ4n) is 3.39. The van der Waals surface area contributed by atoms with Crippen molar-refractivity contribution in [1.29, 1.82) is 0 Å². The highest BCUT2D eigenvalue weighted by Gasteiger charge is 2.50. The van der Waals surface area contributed by atoms with E-state index in [1.54, 1.807) is 12.5 Å². The Bertz CT molecular complexity index is 1080. The molecule has 1 spiro atoms. The van der Waals surface area contributed by atoms with Crippen molar-refractivity contribution in [1.82, 2.24) is 15.0 Å². The molecular weight excluding hydrogens is 560 g/mol. The van der Waals surface area contributed by atoms with Crippen molar-refractivity contribution in [3.8, 4) is 0 Å². The number of thioether (sulfide) groups is 1. The first-order valence-corrected chi connectivity index (χ1v) is 12.0. The van der Waals surface area contributed by atoms with Crippen LogP contribution in [0.3, 0.4) is 0 Å². The van der Waals surface area contributed by atoms with Gasteiger partial charge in [-0.15, -0.1) is 11.8 Å². The van der Waals surface area contributed by atoms with Gasteiger partial charge in [-0.25, -0.2) is 19.6 Å². The van der Waals surface area contributed by atoms with Gasteiger partial charge < -0.3 is 24.7 Å². The summed E-state index contributed by atoms with van der Waals surface area (Å²) in [4.78, 5) is 35.0. The molecule has 0 amide bonds. The average Bonchev–Trinajstić information content (AvgIpc) is 3.27. The zero-order valence-corrected chi connectivity index (χ0v) is 21.4. The Morgan fingerprint density at radius 1 is 1.13 bits per heavy atom. The number of hydrogen-bond acceptors (Lipinski definition) is 9. The lowest BCUT2D eigenvalue weighted by Gasteiger charge is -2.48. The van der Waals surface area contributed by atoms with Gasteiger partial charge >= 0.3 is 24.3 Å². The van der Waals surface area contributed by atoms with E-state index >= 15 is 0 Å². The molecular formula is C22H25F6N5O5S. The lowest BCUT2D eigenvalue weighted by Crippen LogP contribution is -2.59. The molecule has 0 bridgehead atoms. The Labute approximate surface area is 223 Å². The highest BCUT2D eigenvalue weighted by Crippen LogP contribution is 2.47. The first-order valence-electron chi connectivity index (χ1n) is 11.0. The van der Waals surface area contributed by atoms with Crippen LogP contribution in [0.5, 0.6) is 0 Å². The third kappa shape index (κ3) is 10.0. The van der Waals surface area contributed by atoms with Crippen molar-refractivity contribution < 1.29 is 50.9 Å². The predicted molar refractivity (Wildman–Crippen MR) is 129 cm³/mol. The summed E-state index contributed by atoms with van der Waals surface area (Å²) in [6.07, 6.45) is -3.41. The molecule has 0 saturated carbocycles. The van der Waals surface area contributed by atoms with Crippen molar-refractivity contribution in [2.75, 3.05) is 42.7 Å². The van der Waals surface area contributed by atoms with Gasteiger partial charge in [0.15, 0.2) is 0 Å². The predicted octanol–water partition coefficient (Wildman–Crippen LogP) is 3.49. The lowest BCUT2D eigenvalue weighted by molar-refractivity contribution is -0.193. The summed E-state index contributed by atoms with van der Waals surface area (Å²) >= 11 is 2.05. The van der Waals surface area contributed by atoms with Gasteiger partial charge in [0.2, 0.25) is 0 Å². The second-order valence-electron chi connectivity index (χ2n) is 8.58. The minimum atomic E-state index is -5.08. The molecule has 0 aromatic carbocycles. The van der Waals surface area contributed by atoms with Crippen molar-refractivity contribution in [2.24, 2.45) is 0 Å². The third-order valence-electron chi connectivity index (χ3n) is 5.25. The Morgan fingerprint density at radius 2 is 1.72 bits per heavy atom. The normalized spacial score (nSPS) is 17.7. The fourth-order valence-corrected chi connectivity index (χ4v) is 4.95. The summed E-state index contributed by atoms with van der Waals surface area (Å²) < 4.78 is 69.9. The van der Waals surface area contributed by atoms with Crippen LogP contribution in [0.25, 0.3) is 0 Å². The highest BCUT2D eigenvalue weighted by molar-refractivity contribution is 8.01. The molecule has 216 valence electrons. The number of ether oxygens (including phenoxy) is 1.